The molecule has 0 bridgehead atoms. The molecule has 1 aliphatic rings. The maximum atomic E-state index is 11.8. The highest BCUT2D eigenvalue weighted by Crippen LogP contribution is 2.17. The summed E-state index contributed by atoms with van der Waals surface area (Å²) in [4.78, 5) is 34.2. The summed E-state index contributed by atoms with van der Waals surface area (Å²) in [7, 11) is 0. The van der Waals surface area contributed by atoms with E-state index in [9.17, 15) is 19.5 Å². The van der Waals surface area contributed by atoms with Gasteiger partial charge in [-0.2, -0.15) is 0 Å². The number of carboxylic acids is 1. The van der Waals surface area contributed by atoms with Crippen molar-refractivity contribution in [3.63, 3.8) is 0 Å². The van der Waals surface area contributed by atoms with Crippen molar-refractivity contribution >= 4 is 17.9 Å². The zero-order valence-electron chi connectivity index (χ0n) is 16.1. The van der Waals surface area contributed by atoms with Crippen LogP contribution in [0.25, 0.3) is 0 Å². The zero-order chi connectivity index (χ0) is 20.1. The van der Waals surface area contributed by atoms with Crippen LogP contribution in [-0.2, 0) is 23.9 Å². The molecule has 0 aromatic rings. The lowest BCUT2D eigenvalue weighted by atomic mass is 10.0. The highest BCUT2D eigenvalue weighted by Gasteiger charge is 2.22. The Labute approximate surface area is 160 Å². The van der Waals surface area contributed by atoms with Crippen LogP contribution in [0.3, 0.4) is 0 Å². The summed E-state index contributed by atoms with van der Waals surface area (Å²) in [6.07, 6.45) is 8.22. The number of aliphatic carboxylic acids is 1. The number of carbonyl (C=O) groups is 3. The molecule has 0 radical (unpaired) electrons. The second-order valence-corrected chi connectivity index (χ2v) is 7.07. The summed E-state index contributed by atoms with van der Waals surface area (Å²) in [5, 5.41) is 19.0. The molecule has 27 heavy (non-hydrogen) atoms. The van der Waals surface area contributed by atoms with Gasteiger partial charge in [-0.1, -0.05) is 32.1 Å². The first-order valence-corrected chi connectivity index (χ1v) is 9.86. The van der Waals surface area contributed by atoms with Crippen LogP contribution in [0.15, 0.2) is 12.2 Å². The lowest BCUT2D eigenvalue weighted by Gasteiger charge is -2.21. The van der Waals surface area contributed by atoms with Gasteiger partial charge in [0.1, 0.15) is 12.2 Å². The summed E-state index contributed by atoms with van der Waals surface area (Å²) in [6.45, 7) is 1.85. The van der Waals surface area contributed by atoms with Crippen molar-refractivity contribution in [1.82, 2.24) is 0 Å². The number of carboxylic acid groups (broad SMARTS) is 1. The Morgan fingerprint density at radius 1 is 1.07 bits per heavy atom. The molecule has 1 heterocycles. The predicted octanol–water partition coefficient (Wildman–Crippen LogP) is 3.14. The second kappa shape index (κ2) is 13.3. The molecule has 2 N–H and O–H groups in total. The van der Waals surface area contributed by atoms with Crippen LogP contribution in [0.5, 0.6) is 0 Å². The number of hydrogen-bond donors (Lipinski definition) is 2. The van der Waals surface area contributed by atoms with Crippen LogP contribution in [0.1, 0.15) is 77.6 Å². The van der Waals surface area contributed by atoms with Crippen molar-refractivity contribution in [1.29, 1.82) is 0 Å². The first-order chi connectivity index (χ1) is 12.9. The van der Waals surface area contributed by atoms with Crippen molar-refractivity contribution in [3.8, 4) is 0 Å². The van der Waals surface area contributed by atoms with E-state index in [1.807, 2.05) is 6.92 Å². The largest absolute Gasteiger partial charge is 0.481 e. The van der Waals surface area contributed by atoms with Gasteiger partial charge < -0.3 is 19.7 Å². The minimum atomic E-state index is -1.14. The second-order valence-electron chi connectivity index (χ2n) is 7.07. The van der Waals surface area contributed by atoms with E-state index in [1.54, 1.807) is 0 Å². The molecule has 7 heteroatoms. The molecule has 0 amide bonds. The van der Waals surface area contributed by atoms with Gasteiger partial charge in [0.2, 0.25) is 0 Å². The molecule has 0 fully saturated rings. The first-order valence-electron chi connectivity index (χ1n) is 9.86. The SMILES string of the molecule is CC1CCCCCCCCCC(OC(=O)CCC(=O)O)C(O)C=CC(=O)O1. The van der Waals surface area contributed by atoms with Gasteiger partial charge in [-0.05, 0) is 38.7 Å². The third-order valence-corrected chi connectivity index (χ3v) is 4.55. The van der Waals surface area contributed by atoms with Gasteiger partial charge in [-0.15, -0.1) is 0 Å². The van der Waals surface area contributed by atoms with Gasteiger partial charge in [0, 0.05) is 6.08 Å². The van der Waals surface area contributed by atoms with E-state index in [1.165, 1.54) is 6.08 Å². The van der Waals surface area contributed by atoms with E-state index in [4.69, 9.17) is 14.6 Å². The third-order valence-electron chi connectivity index (χ3n) is 4.55. The van der Waals surface area contributed by atoms with E-state index in [2.05, 4.69) is 0 Å². The van der Waals surface area contributed by atoms with E-state index in [0.717, 1.165) is 57.4 Å². The Hall–Kier alpha value is -1.89. The standard InChI is InChI=1S/C20H32O7/c1-15-9-7-5-3-2-4-6-8-10-17(16(21)11-13-19(24)26-15)27-20(25)14-12-18(22)23/h11,13,15-17,21H,2-10,12,14H2,1H3,(H,22,23). The number of rotatable bonds is 4. The van der Waals surface area contributed by atoms with Gasteiger partial charge in [-0.25, -0.2) is 4.79 Å². The van der Waals surface area contributed by atoms with E-state index < -0.39 is 30.1 Å². The van der Waals surface area contributed by atoms with Gasteiger partial charge >= 0.3 is 17.9 Å². The number of carbonyl (C=O) groups excluding carboxylic acids is 2. The average Bonchev–Trinajstić information content (AvgIpc) is 2.61. The van der Waals surface area contributed by atoms with Crippen LogP contribution in [0.2, 0.25) is 0 Å². The molecule has 0 aromatic carbocycles. The summed E-state index contributed by atoms with van der Waals surface area (Å²) < 4.78 is 10.5. The molecule has 0 saturated heterocycles. The van der Waals surface area contributed by atoms with E-state index in [-0.39, 0.29) is 18.9 Å². The Morgan fingerprint density at radius 2 is 1.67 bits per heavy atom. The smallest absolute Gasteiger partial charge is 0.330 e. The summed E-state index contributed by atoms with van der Waals surface area (Å²) in [5.74, 6) is -2.28. The number of cyclic esters (lactones) is 1. The maximum absolute atomic E-state index is 11.8. The highest BCUT2D eigenvalue weighted by molar-refractivity contribution is 5.82. The lowest BCUT2D eigenvalue weighted by molar-refractivity contribution is -0.156. The van der Waals surface area contributed by atoms with Crippen molar-refractivity contribution in [2.45, 2.75) is 95.9 Å². The third kappa shape index (κ3) is 11.4. The molecule has 0 aliphatic carbocycles. The van der Waals surface area contributed by atoms with Gasteiger partial charge in [0.15, 0.2) is 0 Å². The minimum Gasteiger partial charge on any atom is -0.481 e. The summed E-state index contributed by atoms with van der Waals surface area (Å²) in [5.41, 5.74) is 0. The number of aliphatic hydroxyl groups is 1. The summed E-state index contributed by atoms with van der Waals surface area (Å²) in [6, 6.07) is 0. The molecule has 0 spiro atoms. The molecule has 0 aromatic heterocycles. The fourth-order valence-corrected chi connectivity index (χ4v) is 2.99. The van der Waals surface area contributed by atoms with Crippen LogP contribution in [0, 0.1) is 0 Å². The van der Waals surface area contributed by atoms with Crippen molar-refractivity contribution < 1.29 is 34.1 Å². The molecule has 3 unspecified atom stereocenters. The molecule has 154 valence electrons. The molecular formula is C20H32O7. The molecule has 1 rings (SSSR count). The van der Waals surface area contributed by atoms with Crippen LogP contribution < -0.4 is 0 Å². The maximum Gasteiger partial charge on any atom is 0.330 e. The van der Waals surface area contributed by atoms with Crippen LogP contribution >= 0.6 is 0 Å². The van der Waals surface area contributed by atoms with E-state index >= 15 is 0 Å². The monoisotopic (exact) mass is 384 g/mol. The normalized spacial score (nSPS) is 26.1. The number of aliphatic hydroxyl groups excluding tert-OH is 1. The van der Waals surface area contributed by atoms with Crippen molar-refractivity contribution in [2.75, 3.05) is 0 Å². The average molecular weight is 384 g/mol. The zero-order valence-corrected chi connectivity index (χ0v) is 16.1. The minimum absolute atomic E-state index is 0.183. The molecule has 1 aliphatic heterocycles. The number of ether oxygens (including phenoxy) is 2. The highest BCUT2D eigenvalue weighted by atomic mass is 16.6. The van der Waals surface area contributed by atoms with Crippen molar-refractivity contribution in [3.05, 3.63) is 12.2 Å². The summed E-state index contributed by atoms with van der Waals surface area (Å²) >= 11 is 0. The topological polar surface area (TPSA) is 110 Å². The fraction of sp³-hybridized carbons (Fsp3) is 0.750. The molecule has 3 atom stereocenters. The Kier molecular flexibility index (Phi) is 11.4. The van der Waals surface area contributed by atoms with Crippen LogP contribution in [-0.4, -0.2) is 46.4 Å². The first kappa shape index (κ1) is 23.1. The van der Waals surface area contributed by atoms with Crippen LogP contribution in [0.4, 0.5) is 0 Å². The quantitative estimate of drug-likeness (QED) is 0.716. The molecular weight excluding hydrogens is 352 g/mol. The Bertz CT molecular complexity index is 501. The van der Waals surface area contributed by atoms with Crippen molar-refractivity contribution in [2.24, 2.45) is 0 Å². The van der Waals surface area contributed by atoms with Gasteiger partial charge in [0.05, 0.1) is 18.9 Å². The van der Waals surface area contributed by atoms with Gasteiger partial charge in [0.25, 0.3) is 0 Å². The molecule has 7 nitrogen and oxygen atoms in total. The fourth-order valence-electron chi connectivity index (χ4n) is 2.99. The van der Waals surface area contributed by atoms with E-state index in [0.29, 0.717) is 6.42 Å². The molecule has 0 saturated carbocycles. The Balaban J connectivity index is 2.69. The number of hydrogen-bond acceptors (Lipinski definition) is 6. The Morgan fingerprint density at radius 3 is 2.30 bits per heavy atom. The lowest BCUT2D eigenvalue weighted by Crippen LogP contribution is -2.30. The predicted molar refractivity (Wildman–Crippen MR) is 99.0 cm³/mol. The van der Waals surface area contributed by atoms with Gasteiger partial charge in [-0.3, -0.25) is 9.59 Å². The number of esters is 2.